The molecule has 3 aromatic rings. The van der Waals surface area contributed by atoms with Crippen molar-refractivity contribution in [3.05, 3.63) is 65.9 Å². The number of ketones is 1. The molecule has 0 saturated carbocycles. The van der Waals surface area contributed by atoms with Gasteiger partial charge in [0, 0.05) is 30.6 Å². The number of ether oxygens (including phenoxy) is 1. The van der Waals surface area contributed by atoms with Crippen LogP contribution in [0.2, 0.25) is 0 Å². The second-order valence-corrected chi connectivity index (χ2v) is 6.84. The van der Waals surface area contributed by atoms with Crippen molar-refractivity contribution in [3.8, 4) is 5.95 Å². The monoisotopic (exact) mass is 363 g/mol. The fourth-order valence-corrected chi connectivity index (χ4v) is 3.65. The molecule has 5 heteroatoms. The van der Waals surface area contributed by atoms with E-state index in [4.69, 9.17) is 9.15 Å². The minimum absolute atomic E-state index is 0.0929. The summed E-state index contributed by atoms with van der Waals surface area (Å²) >= 11 is 0. The lowest BCUT2D eigenvalue weighted by molar-refractivity contribution is 0.0606. The number of likely N-dealkylation sites (tertiary alicyclic amines) is 1. The quantitative estimate of drug-likeness (QED) is 0.653. The van der Waals surface area contributed by atoms with E-state index in [0.29, 0.717) is 24.6 Å². The molecule has 0 bridgehead atoms. The first kappa shape index (κ1) is 17.3. The molecule has 4 rings (SSSR count). The molecule has 1 saturated heterocycles. The lowest BCUT2D eigenvalue weighted by Gasteiger charge is -2.31. The summed E-state index contributed by atoms with van der Waals surface area (Å²) in [6, 6.07) is 17.0. The summed E-state index contributed by atoms with van der Waals surface area (Å²) in [4.78, 5) is 27.4. The zero-order valence-corrected chi connectivity index (χ0v) is 15.2. The second-order valence-electron chi connectivity index (χ2n) is 6.84. The van der Waals surface area contributed by atoms with Crippen LogP contribution in [0.1, 0.15) is 33.8 Å². The zero-order valence-electron chi connectivity index (χ0n) is 15.2. The molecule has 0 N–H and O–H groups in total. The van der Waals surface area contributed by atoms with Gasteiger partial charge >= 0.3 is 0 Å². The first-order chi connectivity index (χ1) is 13.2. The van der Waals surface area contributed by atoms with Crippen LogP contribution >= 0.6 is 0 Å². The van der Waals surface area contributed by atoms with Crippen LogP contribution in [0.15, 0.2) is 59.0 Å². The zero-order chi connectivity index (χ0) is 18.8. The normalized spacial score (nSPS) is 17.1. The Labute approximate surface area is 157 Å². The van der Waals surface area contributed by atoms with E-state index in [1.807, 2.05) is 42.5 Å². The first-order valence-electron chi connectivity index (χ1n) is 9.12. The topological polar surface area (TPSA) is 59.8 Å². The van der Waals surface area contributed by atoms with E-state index in [2.05, 4.69) is 0 Å². The SMILES string of the molecule is COc1ccc(C(=O)N2CCCC(C(=O)c3ccc4ccccc4c3)C2)o1. The van der Waals surface area contributed by atoms with E-state index in [1.54, 1.807) is 17.0 Å². The lowest BCUT2D eigenvalue weighted by Crippen LogP contribution is -2.42. The van der Waals surface area contributed by atoms with Crippen LogP contribution in [-0.4, -0.2) is 36.8 Å². The van der Waals surface area contributed by atoms with Gasteiger partial charge in [0.05, 0.1) is 7.11 Å². The summed E-state index contributed by atoms with van der Waals surface area (Å²) in [5, 5.41) is 2.16. The molecule has 1 atom stereocenters. The highest BCUT2D eigenvalue weighted by molar-refractivity contribution is 6.02. The molecule has 1 amide bonds. The molecule has 0 radical (unpaired) electrons. The summed E-state index contributed by atoms with van der Waals surface area (Å²) in [6.45, 7) is 1.04. The standard InChI is InChI=1S/C22H21NO4/c1-26-20-11-10-19(27-20)22(25)23-12-4-7-18(14-23)21(24)17-9-8-15-5-2-3-6-16(15)13-17/h2-3,5-6,8-11,13,18H,4,7,12,14H2,1H3. The Bertz CT molecular complexity index is 991. The Hall–Kier alpha value is -3.08. The molecule has 1 aromatic heterocycles. The number of piperidine rings is 1. The number of fused-ring (bicyclic) bond motifs is 1. The summed E-state index contributed by atoms with van der Waals surface area (Å²) in [5.41, 5.74) is 0.702. The summed E-state index contributed by atoms with van der Waals surface area (Å²) < 4.78 is 10.4. The van der Waals surface area contributed by atoms with E-state index >= 15 is 0 Å². The largest absolute Gasteiger partial charge is 0.468 e. The van der Waals surface area contributed by atoms with Crippen molar-refractivity contribution in [3.63, 3.8) is 0 Å². The fraction of sp³-hybridized carbons (Fsp3) is 0.273. The maximum absolute atomic E-state index is 13.0. The number of carbonyl (C=O) groups excluding carboxylic acids is 2. The molecular formula is C22H21NO4. The summed E-state index contributed by atoms with van der Waals surface area (Å²) in [7, 11) is 1.49. The fourth-order valence-electron chi connectivity index (χ4n) is 3.65. The van der Waals surface area contributed by atoms with Gasteiger partial charge in [0.25, 0.3) is 11.9 Å². The Kier molecular flexibility index (Phi) is 4.67. The van der Waals surface area contributed by atoms with Crippen LogP contribution in [0.4, 0.5) is 0 Å². The van der Waals surface area contributed by atoms with Gasteiger partial charge in [0.1, 0.15) is 0 Å². The smallest absolute Gasteiger partial charge is 0.289 e. The van der Waals surface area contributed by atoms with Crippen molar-refractivity contribution in [1.29, 1.82) is 0 Å². The number of furan rings is 1. The van der Waals surface area contributed by atoms with Crippen molar-refractivity contribution in [1.82, 2.24) is 4.90 Å². The third kappa shape index (κ3) is 3.45. The molecule has 27 heavy (non-hydrogen) atoms. The van der Waals surface area contributed by atoms with Gasteiger partial charge in [0.2, 0.25) is 0 Å². The van der Waals surface area contributed by atoms with Gasteiger partial charge in [0.15, 0.2) is 11.5 Å². The molecule has 1 aliphatic heterocycles. The van der Waals surface area contributed by atoms with Crippen molar-refractivity contribution in [2.24, 2.45) is 5.92 Å². The number of nitrogens with zero attached hydrogens (tertiary/aromatic N) is 1. The number of carbonyl (C=O) groups is 2. The van der Waals surface area contributed by atoms with Crippen molar-refractivity contribution in [2.45, 2.75) is 12.8 Å². The van der Waals surface area contributed by atoms with Crippen molar-refractivity contribution >= 4 is 22.5 Å². The Balaban J connectivity index is 1.51. The van der Waals surface area contributed by atoms with Crippen LogP contribution in [-0.2, 0) is 0 Å². The molecule has 1 aliphatic rings. The van der Waals surface area contributed by atoms with Crippen molar-refractivity contribution < 1.29 is 18.7 Å². The van der Waals surface area contributed by atoms with Crippen LogP contribution in [0.3, 0.4) is 0 Å². The number of rotatable bonds is 4. The predicted molar refractivity (Wildman–Crippen MR) is 102 cm³/mol. The van der Waals surface area contributed by atoms with E-state index in [-0.39, 0.29) is 23.4 Å². The number of methoxy groups -OCH3 is 1. The first-order valence-corrected chi connectivity index (χ1v) is 9.12. The van der Waals surface area contributed by atoms with E-state index in [9.17, 15) is 9.59 Å². The second kappa shape index (κ2) is 7.27. The van der Waals surface area contributed by atoms with Crippen LogP contribution in [0.5, 0.6) is 5.95 Å². The van der Waals surface area contributed by atoms with E-state index < -0.39 is 0 Å². The Morgan fingerprint density at radius 1 is 1.07 bits per heavy atom. The van der Waals surface area contributed by atoms with Gasteiger partial charge in [-0.25, -0.2) is 0 Å². The summed E-state index contributed by atoms with van der Waals surface area (Å²) in [6.07, 6.45) is 1.59. The molecule has 0 aliphatic carbocycles. The number of hydrogen-bond donors (Lipinski definition) is 0. The maximum atomic E-state index is 13.0. The third-order valence-corrected chi connectivity index (χ3v) is 5.11. The highest BCUT2D eigenvalue weighted by Crippen LogP contribution is 2.25. The minimum Gasteiger partial charge on any atom is -0.468 e. The maximum Gasteiger partial charge on any atom is 0.289 e. The highest BCUT2D eigenvalue weighted by Gasteiger charge is 2.30. The average Bonchev–Trinajstić information content (AvgIpc) is 3.21. The molecular weight excluding hydrogens is 342 g/mol. The van der Waals surface area contributed by atoms with Gasteiger partial charge in [-0.15, -0.1) is 0 Å². The van der Waals surface area contributed by atoms with Crippen LogP contribution in [0.25, 0.3) is 10.8 Å². The molecule has 1 unspecified atom stereocenters. The summed E-state index contributed by atoms with van der Waals surface area (Å²) in [5.74, 6) is 0.245. The number of amides is 1. The third-order valence-electron chi connectivity index (χ3n) is 5.11. The Morgan fingerprint density at radius 2 is 1.89 bits per heavy atom. The molecule has 5 nitrogen and oxygen atoms in total. The van der Waals surface area contributed by atoms with E-state index in [1.165, 1.54) is 7.11 Å². The van der Waals surface area contributed by atoms with Gasteiger partial charge in [-0.2, -0.15) is 0 Å². The molecule has 1 fully saturated rings. The number of benzene rings is 2. The van der Waals surface area contributed by atoms with Gasteiger partial charge in [-0.3, -0.25) is 9.59 Å². The van der Waals surface area contributed by atoms with Gasteiger partial charge in [-0.1, -0.05) is 36.4 Å². The number of Topliss-reactive ketones (excluding diaryl/α,β-unsaturated/α-hetero) is 1. The lowest BCUT2D eigenvalue weighted by atomic mass is 9.89. The average molecular weight is 363 g/mol. The van der Waals surface area contributed by atoms with Gasteiger partial charge in [-0.05, 0) is 35.7 Å². The Morgan fingerprint density at radius 3 is 2.67 bits per heavy atom. The van der Waals surface area contributed by atoms with Gasteiger partial charge < -0.3 is 14.1 Å². The van der Waals surface area contributed by atoms with Crippen LogP contribution < -0.4 is 4.74 Å². The van der Waals surface area contributed by atoms with Crippen LogP contribution in [0, 0.1) is 5.92 Å². The predicted octanol–water partition coefficient (Wildman–Crippen LogP) is 4.18. The van der Waals surface area contributed by atoms with E-state index in [0.717, 1.165) is 23.6 Å². The highest BCUT2D eigenvalue weighted by atomic mass is 16.6. The molecule has 2 heterocycles. The number of hydrogen-bond acceptors (Lipinski definition) is 4. The molecule has 138 valence electrons. The molecule has 2 aromatic carbocycles. The minimum atomic E-state index is -0.200. The van der Waals surface area contributed by atoms with Crippen molar-refractivity contribution in [2.75, 3.05) is 20.2 Å². The molecule has 0 spiro atoms.